The number of rotatable bonds is 8. The number of hydrogen-bond donors (Lipinski definition) is 0. The first kappa shape index (κ1) is 31.0. The molecule has 2 unspecified atom stereocenters. The molecule has 2 aliphatic rings. The summed E-state index contributed by atoms with van der Waals surface area (Å²) in [4.78, 5) is 0. The van der Waals surface area contributed by atoms with Crippen LogP contribution in [0.5, 0.6) is 0 Å². The van der Waals surface area contributed by atoms with Crippen LogP contribution in [-0.4, -0.2) is 33.0 Å². The molecular weight excluding hydrogens is 564 g/mol. The predicted octanol–water partition coefficient (Wildman–Crippen LogP) is 10.1. The maximum absolute atomic E-state index is 14.1. The molecule has 2 aromatic carbocycles. The van der Waals surface area contributed by atoms with E-state index >= 15 is 0 Å². The van der Waals surface area contributed by atoms with Crippen LogP contribution in [0.25, 0.3) is 0 Å². The number of alkyl halides is 6. The minimum atomic E-state index is -4.41. The van der Waals surface area contributed by atoms with Crippen LogP contribution in [0.4, 0.5) is 26.3 Å². The molecular formula is C30H40F6P2Si. The zero-order valence-electron chi connectivity index (χ0n) is 22.9. The second-order valence-electron chi connectivity index (χ2n) is 11.6. The van der Waals surface area contributed by atoms with E-state index in [0.29, 0.717) is 21.7 Å². The van der Waals surface area contributed by atoms with E-state index < -0.39 is 47.4 Å². The first-order valence-corrected chi connectivity index (χ1v) is 20.7. The van der Waals surface area contributed by atoms with Gasteiger partial charge in [-0.1, -0.05) is 116 Å². The Morgan fingerprint density at radius 1 is 0.590 bits per heavy atom. The predicted molar refractivity (Wildman–Crippen MR) is 157 cm³/mol. The summed E-state index contributed by atoms with van der Waals surface area (Å²) in [7, 11) is -4.52. The van der Waals surface area contributed by atoms with Gasteiger partial charge in [0.25, 0.3) is 0 Å². The monoisotopic (exact) mass is 604 g/mol. The van der Waals surface area contributed by atoms with E-state index in [1.54, 1.807) is 24.3 Å². The Bertz CT molecular complexity index is 988. The lowest BCUT2D eigenvalue weighted by atomic mass is 9.99. The number of benzene rings is 2. The molecule has 4 rings (SSSR count). The molecule has 2 aromatic rings. The minimum absolute atomic E-state index is 0.416. The van der Waals surface area contributed by atoms with Crippen LogP contribution in [0.15, 0.2) is 48.5 Å². The quantitative estimate of drug-likeness (QED) is 0.160. The molecule has 2 aliphatic carbocycles. The van der Waals surface area contributed by atoms with E-state index in [0.717, 1.165) is 62.9 Å². The summed E-state index contributed by atoms with van der Waals surface area (Å²) in [6, 6.07) is 12.0. The van der Waals surface area contributed by atoms with Crippen molar-refractivity contribution in [2.75, 3.05) is 24.9 Å². The Kier molecular flexibility index (Phi) is 10.3. The molecule has 0 saturated heterocycles. The van der Waals surface area contributed by atoms with Crippen LogP contribution in [-0.2, 0) is 12.4 Å². The summed E-state index contributed by atoms with van der Waals surface area (Å²) in [6.45, 7) is 4.02. The lowest BCUT2D eigenvalue weighted by Crippen LogP contribution is -2.54. The average Bonchev–Trinajstić information content (AvgIpc) is 2.92. The molecule has 39 heavy (non-hydrogen) atoms. The third-order valence-electron chi connectivity index (χ3n) is 9.14. The Labute approximate surface area is 232 Å². The van der Waals surface area contributed by atoms with Crippen molar-refractivity contribution in [2.45, 2.75) is 87.6 Å². The Hall–Kier alpha value is -0.903. The zero-order chi connectivity index (χ0) is 28.3. The summed E-state index contributed by atoms with van der Waals surface area (Å²) >= 11 is 0. The van der Waals surface area contributed by atoms with Crippen molar-refractivity contribution in [2.24, 2.45) is 0 Å². The Morgan fingerprint density at radius 3 is 1.26 bits per heavy atom. The van der Waals surface area contributed by atoms with Crippen LogP contribution < -0.4 is 10.6 Å². The van der Waals surface area contributed by atoms with Gasteiger partial charge in [0.15, 0.2) is 0 Å². The molecule has 0 spiro atoms. The SMILES string of the molecule is CP(C[Si](CP(C)c1ccccc1C(F)(F)F)(C1CCCCC1)C1CCCCC1)c1ccccc1C(F)(F)F. The largest absolute Gasteiger partial charge is 0.417 e. The highest BCUT2D eigenvalue weighted by Gasteiger charge is 2.50. The lowest BCUT2D eigenvalue weighted by molar-refractivity contribution is -0.137. The van der Waals surface area contributed by atoms with E-state index in [4.69, 9.17) is 0 Å². The molecule has 2 saturated carbocycles. The third kappa shape index (κ3) is 7.30. The third-order valence-corrected chi connectivity index (χ3v) is 24.5. The van der Waals surface area contributed by atoms with Gasteiger partial charge in [0.1, 0.15) is 0 Å². The maximum atomic E-state index is 14.1. The van der Waals surface area contributed by atoms with Crippen molar-refractivity contribution in [3.8, 4) is 0 Å². The highest BCUT2D eigenvalue weighted by molar-refractivity contribution is 7.70. The van der Waals surface area contributed by atoms with E-state index in [-0.39, 0.29) is 0 Å². The second-order valence-corrected chi connectivity index (χ2v) is 22.0. The zero-order valence-corrected chi connectivity index (χ0v) is 25.7. The highest BCUT2D eigenvalue weighted by atomic mass is 31.1. The number of halogens is 6. The average molecular weight is 605 g/mol. The van der Waals surface area contributed by atoms with Gasteiger partial charge in [0.2, 0.25) is 0 Å². The van der Waals surface area contributed by atoms with Gasteiger partial charge in [-0.15, -0.1) is 0 Å². The normalized spacial score (nSPS) is 20.1. The lowest BCUT2D eigenvalue weighted by Gasteiger charge is -2.50. The van der Waals surface area contributed by atoms with Gasteiger partial charge in [-0.3, -0.25) is 0 Å². The molecule has 0 bridgehead atoms. The first-order valence-electron chi connectivity index (χ1n) is 14.2. The highest BCUT2D eigenvalue weighted by Crippen LogP contribution is 2.57. The summed E-state index contributed by atoms with van der Waals surface area (Å²) in [5, 5.41) is 0.833. The molecule has 0 amide bonds. The smallest absolute Gasteiger partial charge is 0.166 e. The van der Waals surface area contributed by atoms with Crippen molar-refractivity contribution in [3.05, 3.63) is 59.7 Å². The molecule has 0 radical (unpaired) electrons. The fraction of sp³-hybridized carbons (Fsp3) is 0.600. The summed E-state index contributed by atoms with van der Waals surface area (Å²) in [5.74, 6) is 1.59. The van der Waals surface area contributed by atoms with E-state index in [9.17, 15) is 26.3 Å². The Balaban J connectivity index is 1.79. The Morgan fingerprint density at radius 2 is 0.923 bits per heavy atom. The van der Waals surface area contributed by atoms with Crippen molar-refractivity contribution in [1.82, 2.24) is 0 Å². The fourth-order valence-corrected chi connectivity index (χ4v) is 26.9. The summed E-state index contributed by atoms with van der Waals surface area (Å²) in [5.41, 5.74) is -0.0920. The minimum Gasteiger partial charge on any atom is -0.166 e. The number of hydrogen-bond acceptors (Lipinski definition) is 0. The first-order chi connectivity index (χ1) is 18.4. The maximum Gasteiger partial charge on any atom is 0.417 e. The molecule has 2 atom stereocenters. The van der Waals surface area contributed by atoms with Crippen LogP contribution in [0, 0.1) is 0 Å². The van der Waals surface area contributed by atoms with Gasteiger partial charge in [0, 0.05) is 0 Å². The van der Waals surface area contributed by atoms with Crippen LogP contribution in [0.2, 0.25) is 11.1 Å². The van der Waals surface area contributed by atoms with Gasteiger partial charge in [0.05, 0.1) is 19.2 Å². The second kappa shape index (κ2) is 12.9. The molecule has 216 valence electrons. The molecule has 0 heterocycles. The van der Waals surface area contributed by atoms with Crippen LogP contribution in [0.1, 0.15) is 75.3 Å². The molecule has 0 nitrogen and oxygen atoms in total. The molecule has 0 aromatic heterocycles. The van der Waals surface area contributed by atoms with Crippen LogP contribution in [0.3, 0.4) is 0 Å². The van der Waals surface area contributed by atoms with Crippen molar-refractivity contribution in [3.63, 3.8) is 0 Å². The topological polar surface area (TPSA) is 0 Å². The summed E-state index contributed by atoms with van der Waals surface area (Å²) in [6.07, 6.45) is 2.46. The van der Waals surface area contributed by atoms with Crippen molar-refractivity contribution < 1.29 is 26.3 Å². The van der Waals surface area contributed by atoms with Gasteiger partial charge in [-0.2, -0.15) is 26.3 Å². The fourth-order valence-electron chi connectivity index (χ4n) is 7.40. The van der Waals surface area contributed by atoms with E-state index in [1.807, 2.05) is 13.3 Å². The molecule has 0 aliphatic heterocycles. The van der Waals surface area contributed by atoms with Gasteiger partial charge in [-0.25, -0.2) is 0 Å². The molecule has 2 fully saturated rings. The van der Waals surface area contributed by atoms with Crippen LogP contribution >= 0.6 is 15.8 Å². The molecule has 0 N–H and O–H groups in total. The van der Waals surface area contributed by atoms with E-state index in [1.165, 1.54) is 37.1 Å². The van der Waals surface area contributed by atoms with Gasteiger partial charge in [-0.05, 0) is 58.7 Å². The van der Waals surface area contributed by atoms with Crippen molar-refractivity contribution in [1.29, 1.82) is 0 Å². The molecule has 9 heteroatoms. The van der Waals surface area contributed by atoms with Gasteiger partial charge < -0.3 is 0 Å². The summed E-state index contributed by atoms with van der Waals surface area (Å²) < 4.78 is 84.3. The van der Waals surface area contributed by atoms with Crippen molar-refractivity contribution >= 4 is 34.5 Å². The van der Waals surface area contributed by atoms with E-state index in [2.05, 4.69) is 0 Å². The standard InChI is InChI=1S/C30H40F6P2Si/c1-37(27-19-11-9-17-25(27)29(31,32)33)21-39(23-13-5-3-6-14-23,24-15-7-4-8-16-24)22-38(2)28-20-12-10-18-26(28)30(34,35)36/h9-12,17-20,23-24H,3-8,13-16,21-22H2,1-2H3. The van der Waals surface area contributed by atoms with Gasteiger partial charge >= 0.3 is 12.4 Å².